The minimum Gasteiger partial charge on any atom is -0.384 e. The van der Waals surface area contributed by atoms with Crippen LogP contribution in [0, 0.1) is 0 Å². The monoisotopic (exact) mass is 309 g/mol. The molecule has 0 spiro atoms. The average molecular weight is 309 g/mol. The van der Waals surface area contributed by atoms with Gasteiger partial charge < -0.3 is 10.2 Å². The Bertz CT molecular complexity index is 699. The summed E-state index contributed by atoms with van der Waals surface area (Å²) in [6, 6.07) is 10.2. The molecule has 1 atom stereocenters. The molecule has 2 heterocycles. The first-order chi connectivity index (χ1) is 11.2. The first kappa shape index (κ1) is 15.5. The van der Waals surface area contributed by atoms with Gasteiger partial charge in [0.2, 0.25) is 0 Å². The van der Waals surface area contributed by atoms with Gasteiger partial charge in [0.15, 0.2) is 0 Å². The Kier molecular flexibility index (Phi) is 4.60. The normalized spacial score (nSPS) is 16.3. The summed E-state index contributed by atoms with van der Waals surface area (Å²) in [7, 11) is 0. The molecule has 1 aromatic heterocycles. The molecular weight excluding hydrogens is 286 g/mol. The fraction of sp³-hybridized carbons (Fsp3) is 0.368. The zero-order valence-corrected chi connectivity index (χ0v) is 13.7. The molecule has 0 saturated heterocycles. The zero-order valence-electron chi connectivity index (χ0n) is 13.7. The van der Waals surface area contributed by atoms with Crippen LogP contribution in [0.3, 0.4) is 0 Å². The first-order valence-corrected chi connectivity index (χ1v) is 8.31. The number of anilines is 2. The van der Waals surface area contributed by atoms with Crippen LogP contribution in [-0.2, 0) is 6.42 Å². The second kappa shape index (κ2) is 6.82. The van der Waals surface area contributed by atoms with Crippen LogP contribution in [0.15, 0.2) is 42.7 Å². The summed E-state index contributed by atoms with van der Waals surface area (Å²) in [5.74, 6) is 0.0223. The molecule has 1 aromatic carbocycles. The van der Waals surface area contributed by atoms with E-state index in [0.717, 1.165) is 37.2 Å². The lowest BCUT2D eigenvalue weighted by Gasteiger charge is -2.23. The molecule has 1 aliphatic rings. The van der Waals surface area contributed by atoms with Crippen LogP contribution in [-0.4, -0.2) is 23.5 Å². The summed E-state index contributed by atoms with van der Waals surface area (Å²) in [4.78, 5) is 19.1. The van der Waals surface area contributed by atoms with E-state index in [0.29, 0.717) is 5.56 Å². The molecule has 23 heavy (non-hydrogen) atoms. The number of hydrogen-bond donors (Lipinski definition) is 1. The van der Waals surface area contributed by atoms with Crippen molar-refractivity contribution in [3.05, 3.63) is 53.9 Å². The van der Waals surface area contributed by atoms with Gasteiger partial charge in [0.25, 0.3) is 5.91 Å². The van der Waals surface area contributed by atoms with Gasteiger partial charge in [-0.15, -0.1) is 0 Å². The van der Waals surface area contributed by atoms with Gasteiger partial charge in [0, 0.05) is 30.7 Å². The van der Waals surface area contributed by atoms with Crippen LogP contribution < -0.4 is 10.2 Å². The Morgan fingerprint density at radius 3 is 3.00 bits per heavy atom. The summed E-state index contributed by atoms with van der Waals surface area (Å²) in [5.41, 5.74) is 3.80. The fourth-order valence-corrected chi connectivity index (χ4v) is 3.08. The third-order valence-corrected chi connectivity index (χ3v) is 4.27. The molecule has 1 unspecified atom stereocenters. The summed E-state index contributed by atoms with van der Waals surface area (Å²) >= 11 is 0. The molecule has 120 valence electrons. The Labute approximate surface area is 137 Å². The number of nitrogens with one attached hydrogen (secondary N) is 1. The molecule has 4 heteroatoms. The van der Waals surface area contributed by atoms with Crippen molar-refractivity contribution < 1.29 is 4.79 Å². The number of carbonyl (C=O) groups excluding carboxylic acids is 1. The van der Waals surface area contributed by atoms with Crippen molar-refractivity contribution in [2.24, 2.45) is 0 Å². The van der Waals surface area contributed by atoms with Gasteiger partial charge in [-0.25, -0.2) is 0 Å². The van der Waals surface area contributed by atoms with Crippen LogP contribution in [0.25, 0.3) is 0 Å². The molecule has 4 nitrogen and oxygen atoms in total. The third-order valence-electron chi connectivity index (χ3n) is 4.27. The van der Waals surface area contributed by atoms with Crippen molar-refractivity contribution in [1.82, 2.24) is 4.98 Å². The topological polar surface area (TPSA) is 45.2 Å². The SMILES string of the molecule is CCCCNc1cncc(C(=O)N2c3ccccc3CC2C)c1. The minimum absolute atomic E-state index is 0.0223. The van der Waals surface area contributed by atoms with Gasteiger partial charge in [0.1, 0.15) is 0 Å². The molecule has 1 amide bonds. The van der Waals surface area contributed by atoms with E-state index >= 15 is 0 Å². The highest BCUT2D eigenvalue weighted by Crippen LogP contribution is 2.33. The summed E-state index contributed by atoms with van der Waals surface area (Å²) in [6.45, 7) is 5.15. The number of carbonyl (C=O) groups is 1. The summed E-state index contributed by atoms with van der Waals surface area (Å²) in [6.07, 6.45) is 6.58. The number of fused-ring (bicyclic) bond motifs is 1. The number of nitrogens with zero attached hydrogens (tertiary/aromatic N) is 2. The second-order valence-electron chi connectivity index (χ2n) is 6.10. The lowest BCUT2D eigenvalue weighted by atomic mass is 10.1. The highest BCUT2D eigenvalue weighted by molar-refractivity contribution is 6.08. The maximum absolute atomic E-state index is 13.0. The maximum Gasteiger partial charge on any atom is 0.260 e. The van der Waals surface area contributed by atoms with Crippen LogP contribution in [0.2, 0.25) is 0 Å². The molecule has 0 radical (unpaired) electrons. The predicted molar refractivity (Wildman–Crippen MR) is 94.1 cm³/mol. The van der Waals surface area contributed by atoms with Gasteiger partial charge in [0.05, 0.1) is 11.3 Å². The predicted octanol–water partition coefficient (Wildman–Crippen LogP) is 3.89. The second-order valence-corrected chi connectivity index (χ2v) is 6.10. The lowest BCUT2D eigenvalue weighted by molar-refractivity contribution is 0.0981. The molecule has 3 rings (SSSR count). The van der Waals surface area contributed by atoms with E-state index in [1.165, 1.54) is 5.56 Å². The molecular formula is C19H23N3O. The van der Waals surface area contributed by atoms with Gasteiger partial charge in [-0.3, -0.25) is 9.78 Å². The van der Waals surface area contributed by atoms with Crippen LogP contribution in [0.5, 0.6) is 0 Å². The largest absolute Gasteiger partial charge is 0.384 e. The van der Waals surface area contributed by atoms with Crippen molar-refractivity contribution >= 4 is 17.3 Å². The van der Waals surface area contributed by atoms with Gasteiger partial charge in [-0.05, 0) is 37.5 Å². The van der Waals surface area contributed by atoms with Gasteiger partial charge >= 0.3 is 0 Å². The van der Waals surface area contributed by atoms with E-state index in [1.54, 1.807) is 12.4 Å². The number of para-hydroxylation sites is 1. The molecule has 0 fully saturated rings. The number of pyridine rings is 1. The van der Waals surface area contributed by atoms with Crippen LogP contribution in [0.4, 0.5) is 11.4 Å². The quantitative estimate of drug-likeness (QED) is 0.852. The third kappa shape index (κ3) is 3.21. The highest BCUT2D eigenvalue weighted by Gasteiger charge is 2.31. The van der Waals surface area contributed by atoms with Crippen molar-refractivity contribution in [1.29, 1.82) is 0 Å². The van der Waals surface area contributed by atoms with E-state index in [4.69, 9.17) is 0 Å². The van der Waals surface area contributed by atoms with E-state index in [9.17, 15) is 4.79 Å². The summed E-state index contributed by atoms with van der Waals surface area (Å²) < 4.78 is 0. The number of aromatic nitrogens is 1. The Morgan fingerprint density at radius 1 is 1.35 bits per heavy atom. The van der Waals surface area contributed by atoms with Crippen molar-refractivity contribution in [2.75, 3.05) is 16.8 Å². The molecule has 0 aliphatic carbocycles. The number of unbranched alkanes of at least 4 members (excludes halogenated alkanes) is 1. The Hall–Kier alpha value is -2.36. The average Bonchev–Trinajstić information content (AvgIpc) is 2.90. The Balaban J connectivity index is 1.82. The molecule has 2 aromatic rings. The molecule has 0 saturated carbocycles. The lowest BCUT2D eigenvalue weighted by Crippen LogP contribution is -2.35. The Morgan fingerprint density at radius 2 is 2.17 bits per heavy atom. The van der Waals surface area contributed by atoms with Gasteiger partial charge in [-0.1, -0.05) is 31.5 Å². The first-order valence-electron chi connectivity index (χ1n) is 8.31. The van der Waals surface area contributed by atoms with Gasteiger partial charge in [-0.2, -0.15) is 0 Å². The number of benzene rings is 1. The smallest absolute Gasteiger partial charge is 0.260 e. The fourth-order valence-electron chi connectivity index (χ4n) is 3.08. The van der Waals surface area contributed by atoms with E-state index < -0.39 is 0 Å². The molecule has 0 bridgehead atoms. The van der Waals surface area contributed by atoms with E-state index in [-0.39, 0.29) is 11.9 Å². The van der Waals surface area contributed by atoms with E-state index in [2.05, 4.69) is 30.2 Å². The number of rotatable bonds is 5. The van der Waals surface area contributed by atoms with Crippen LogP contribution >= 0.6 is 0 Å². The molecule has 1 aliphatic heterocycles. The standard InChI is InChI=1S/C19H23N3O/c1-3-4-9-21-17-11-16(12-20-13-17)19(23)22-14(2)10-15-7-5-6-8-18(15)22/h5-8,11-14,21H,3-4,9-10H2,1-2H3. The van der Waals surface area contributed by atoms with Crippen molar-refractivity contribution in [3.63, 3.8) is 0 Å². The number of hydrogen-bond acceptors (Lipinski definition) is 3. The van der Waals surface area contributed by atoms with Crippen molar-refractivity contribution in [3.8, 4) is 0 Å². The summed E-state index contributed by atoms with van der Waals surface area (Å²) in [5, 5.41) is 3.33. The van der Waals surface area contributed by atoms with Crippen LogP contribution in [0.1, 0.15) is 42.6 Å². The highest BCUT2D eigenvalue weighted by atomic mass is 16.2. The van der Waals surface area contributed by atoms with Crippen molar-refractivity contribution in [2.45, 2.75) is 39.2 Å². The zero-order chi connectivity index (χ0) is 16.2. The van der Waals surface area contributed by atoms with E-state index in [1.807, 2.05) is 29.2 Å². The minimum atomic E-state index is 0.0223. The number of amides is 1. The molecule has 1 N–H and O–H groups in total. The maximum atomic E-state index is 13.0.